The lowest BCUT2D eigenvalue weighted by Crippen LogP contribution is -2.60. The molecule has 0 aromatic carbocycles. The Kier molecular flexibility index (Phi) is 5.62. The molecular formula is C13H23N3O4. The van der Waals surface area contributed by atoms with Gasteiger partial charge in [0.1, 0.15) is 6.04 Å². The lowest BCUT2D eigenvalue weighted by molar-refractivity contribution is -0.567. The minimum atomic E-state index is -1.04. The molecule has 1 N–H and O–H groups in total. The van der Waals surface area contributed by atoms with Crippen LogP contribution in [0, 0.1) is 26.1 Å². The van der Waals surface area contributed by atoms with E-state index in [2.05, 4.69) is 5.32 Å². The van der Waals surface area contributed by atoms with Crippen LogP contribution in [0.15, 0.2) is 11.6 Å². The highest BCUT2D eigenvalue weighted by Gasteiger charge is 2.50. The van der Waals surface area contributed by atoms with Crippen molar-refractivity contribution in [3.63, 3.8) is 0 Å². The van der Waals surface area contributed by atoms with E-state index >= 15 is 0 Å². The summed E-state index contributed by atoms with van der Waals surface area (Å²) in [4.78, 5) is 21.8. The Bertz CT molecular complexity index is 406. The molecule has 4 unspecified atom stereocenters. The molecule has 7 nitrogen and oxygen atoms in total. The molecule has 20 heavy (non-hydrogen) atoms. The first-order valence-corrected chi connectivity index (χ1v) is 7.04. The van der Waals surface area contributed by atoms with Gasteiger partial charge in [0.25, 0.3) is 6.04 Å². The van der Waals surface area contributed by atoms with E-state index in [1.807, 2.05) is 13.8 Å². The molecule has 4 atom stereocenters. The van der Waals surface area contributed by atoms with Crippen molar-refractivity contribution in [2.45, 2.75) is 64.7 Å². The number of nitrogens with zero attached hydrogens (tertiary/aromatic N) is 2. The predicted octanol–water partition coefficient (Wildman–Crippen LogP) is 2.02. The maximum absolute atomic E-state index is 11.4. The first-order chi connectivity index (χ1) is 9.33. The van der Waals surface area contributed by atoms with Gasteiger partial charge in [0.15, 0.2) is 0 Å². The molecule has 0 aromatic rings. The van der Waals surface area contributed by atoms with Gasteiger partial charge >= 0.3 is 0 Å². The first kappa shape index (κ1) is 16.6. The van der Waals surface area contributed by atoms with Crippen LogP contribution in [0.3, 0.4) is 0 Å². The van der Waals surface area contributed by atoms with Crippen LogP contribution in [0.1, 0.15) is 40.5 Å². The second kappa shape index (κ2) is 6.78. The zero-order valence-corrected chi connectivity index (χ0v) is 12.4. The number of nitro groups is 2. The summed E-state index contributed by atoms with van der Waals surface area (Å²) in [6.45, 7) is 7.43. The van der Waals surface area contributed by atoms with Crippen molar-refractivity contribution in [2.24, 2.45) is 5.92 Å². The van der Waals surface area contributed by atoms with Crippen molar-refractivity contribution < 1.29 is 9.85 Å². The summed E-state index contributed by atoms with van der Waals surface area (Å²) >= 11 is 0. The second-order valence-electron chi connectivity index (χ2n) is 5.46. The van der Waals surface area contributed by atoms with Gasteiger partial charge in [-0.1, -0.05) is 26.3 Å². The Balaban J connectivity index is 3.14. The fourth-order valence-electron chi connectivity index (χ4n) is 2.81. The third-order valence-electron chi connectivity index (χ3n) is 4.30. The molecule has 0 spiro atoms. The van der Waals surface area contributed by atoms with Crippen LogP contribution < -0.4 is 5.32 Å². The third-order valence-corrected chi connectivity index (χ3v) is 4.30. The van der Waals surface area contributed by atoms with E-state index < -0.39 is 23.0 Å². The summed E-state index contributed by atoms with van der Waals surface area (Å²) in [7, 11) is 0. The second-order valence-corrected chi connectivity index (χ2v) is 5.46. The van der Waals surface area contributed by atoms with Crippen molar-refractivity contribution in [3.05, 3.63) is 31.9 Å². The van der Waals surface area contributed by atoms with Gasteiger partial charge < -0.3 is 0 Å². The summed E-state index contributed by atoms with van der Waals surface area (Å²) in [5, 5.41) is 25.7. The van der Waals surface area contributed by atoms with Crippen molar-refractivity contribution in [1.82, 2.24) is 5.32 Å². The number of rotatable bonds is 6. The van der Waals surface area contributed by atoms with Crippen LogP contribution in [-0.4, -0.2) is 34.0 Å². The van der Waals surface area contributed by atoms with Crippen LogP contribution in [-0.2, 0) is 0 Å². The van der Waals surface area contributed by atoms with E-state index in [1.165, 1.54) is 0 Å². The van der Waals surface area contributed by atoms with Crippen LogP contribution in [0.4, 0.5) is 0 Å². The van der Waals surface area contributed by atoms with Gasteiger partial charge in [-0.05, 0) is 25.8 Å². The molecule has 0 saturated heterocycles. The summed E-state index contributed by atoms with van der Waals surface area (Å²) < 4.78 is 0. The van der Waals surface area contributed by atoms with Gasteiger partial charge in [0.05, 0.1) is 0 Å². The average Bonchev–Trinajstić information content (AvgIpc) is 2.38. The summed E-state index contributed by atoms with van der Waals surface area (Å²) in [5.41, 5.74) is 0.719. The summed E-state index contributed by atoms with van der Waals surface area (Å²) in [6, 6.07) is -2.70. The van der Waals surface area contributed by atoms with E-state index in [4.69, 9.17) is 0 Å². The highest BCUT2D eigenvalue weighted by Crippen LogP contribution is 2.29. The van der Waals surface area contributed by atoms with Gasteiger partial charge in [-0.2, -0.15) is 0 Å². The lowest BCUT2D eigenvalue weighted by Gasteiger charge is -2.33. The highest BCUT2D eigenvalue weighted by atomic mass is 16.6. The minimum absolute atomic E-state index is 0.0592. The fourth-order valence-corrected chi connectivity index (χ4v) is 2.81. The molecule has 1 rings (SSSR count). The molecule has 7 heteroatoms. The van der Waals surface area contributed by atoms with Gasteiger partial charge in [-0.25, -0.2) is 0 Å². The molecule has 1 aliphatic rings. The smallest absolute Gasteiger partial charge is 0.253 e. The zero-order valence-electron chi connectivity index (χ0n) is 12.4. The molecule has 0 saturated carbocycles. The SMILES string of the molecule is CCC(CC)NC1C([N+](=O)[O-])C=C(C)C(C)C1[N+](=O)[O-]. The molecule has 1 aliphatic carbocycles. The van der Waals surface area contributed by atoms with Crippen molar-refractivity contribution in [2.75, 3.05) is 0 Å². The Morgan fingerprint density at radius 3 is 2.20 bits per heavy atom. The Labute approximate surface area is 118 Å². The number of hydrogen-bond acceptors (Lipinski definition) is 5. The average molecular weight is 285 g/mol. The summed E-state index contributed by atoms with van der Waals surface area (Å²) in [5.74, 6) is -0.298. The molecular weight excluding hydrogens is 262 g/mol. The third kappa shape index (κ3) is 3.33. The molecule has 0 bridgehead atoms. The van der Waals surface area contributed by atoms with Gasteiger partial charge in [-0.3, -0.25) is 25.5 Å². The van der Waals surface area contributed by atoms with Crippen molar-refractivity contribution in [1.29, 1.82) is 0 Å². The quantitative estimate of drug-likeness (QED) is 0.457. The molecule has 0 heterocycles. The molecule has 0 aromatic heterocycles. The first-order valence-electron chi connectivity index (χ1n) is 7.04. The van der Waals surface area contributed by atoms with E-state index in [0.717, 1.165) is 18.4 Å². The lowest BCUT2D eigenvalue weighted by atomic mass is 9.79. The van der Waals surface area contributed by atoms with Gasteiger partial charge in [0, 0.05) is 21.8 Å². The van der Waals surface area contributed by atoms with Crippen LogP contribution in [0.25, 0.3) is 0 Å². The molecule has 0 amide bonds. The molecule has 114 valence electrons. The maximum atomic E-state index is 11.4. The number of nitrogens with one attached hydrogen (secondary N) is 1. The Hall–Kier alpha value is -1.50. The standard InChI is InChI=1S/C13H23N3O4/c1-5-10(6-2)14-12-11(15(17)18)7-8(3)9(4)13(12)16(19)20/h7,9-14H,5-6H2,1-4H3. The maximum Gasteiger partial charge on any atom is 0.253 e. The van der Waals surface area contributed by atoms with Gasteiger partial charge in [-0.15, -0.1) is 0 Å². The van der Waals surface area contributed by atoms with Crippen LogP contribution in [0.2, 0.25) is 0 Å². The van der Waals surface area contributed by atoms with E-state index in [-0.39, 0.29) is 16.9 Å². The molecule has 0 fully saturated rings. The predicted molar refractivity (Wildman–Crippen MR) is 75.8 cm³/mol. The van der Waals surface area contributed by atoms with Crippen molar-refractivity contribution >= 4 is 0 Å². The van der Waals surface area contributed by atoms with Crippen molar-refractivity contribution in [3.8, 4) is 0 Å². The fraction of sp³-hybridized carbons (Fsp3) is 0.846. The van der Waals surface area contributed by atoms with E-state index in [1.54, 1.807) is 19.9 Å². The highest BCUT2D eigenvalue weighted by molar-refractivity contribution is 5.17. The van der Waals surface area contributed by atoms with E-state index in [9.17, 15) is 20.2 Å². The largest absolute Gasteiger partial charge is 0.299 e. The van der Waals surface area contributed by atoms with Crippen LogP contribution >= 0.6 is 0 Å². The van der Waals surface area contributed by atoms with Gasteiger partial charge in [0.2, 0.25) is 6.04 Å². The summed E-state index contributed by atoms with van der Waals surface area (Å²) in [6.07, 6.45) is 3.14. The Morgan fingerprint density at radius 1 is 1.25 bits per heavy atom. The normalized spacial score (nSPS) is 30.1. The molecule has 0 aliphatic heterocycles. The topological polar surface area (TPSA) is 98.3 Å². The van der Waals surface area contributed by atoms with E-state index in [0.29, 0.717) is 0 Å². The monoisotopic (exact) mass is 285 g/mol. The minimum Gasteiger partial charge on any atom is -0.299 e. The zero-order chi connectivity index (χ0) is 15.4. The molecule has 0 radical (unpaired) electrons. The van der Waals surface area contributed by atoms with Crippen LogP contribution in [0.5, 0.6) is 0 Å². The Morgan fingerprint density at radius 2 is 1.80 bits per heavy atom. The number of hydrogen-bond donors (Lipinski definition) is 1.